The summed E-state index contributed by atoms with van der Waals surface area (Å²) in [6.45, 7) is 7.13. The van der Waals surface area contributed by atoms with E-state index in [-0.39, 0.29) is 23.2 Å². The van der Waals surface area contributed by atoms with Crippen LogP contribution in [-0.2, 0) is 14.8 Å². The molecule has 0 bridgehead atoms. The number of hydrogen-bond acceptors (Lipinski definition) is 6. The monoisotopic (exact) mass is 457 g/mol. The average molecular weight is 458 g/mol. The summed E-state index contributed by atoms with van der Waals surface area (Å²) in [5.74, 6) is 0.940. The summed E-state index contributed by atoms with van der Waals surface area (Å²) >= 11 is 0. The van der Waals surface area contributed by atoms with Gasteiger partial charge in [0.1, 0.15) is 0 Å². The van der Waals surface area contributed by atoms with Crippen LogP contribution in [0.2, 0.25) is 0 Å². The molecule has 0 aliphatic rings. The van der Waals surface area contributed by atoms with Crippen LogP contribution in [-0.4, -0.2) is 54.5 Å². The molecule has 0 saturated carbocycles. The molecule has 3 aromatic rings. The van der Waals surface area contributed by atoms with Crippen molar-refractivity contribution < 1.29 is 22.7 Å². The number of amides is 1. The molecule has 0 aliphatic carbocycles. The van der Waals surface area contributed by atoms with E-state index in [1.54, 1.807) is 41.3 Å². The molecule has 3 rings (SSSR count). The minimum Gasteiger partial charge on any atom is -0.490 e. The second-order valence-corrected chi connectivity index (χ2v) is 8.63. The molecular weight excluding hydrogens is 430 g/mol. The lowest BCUT2D eigenvalue weighted by Crippen LogP contribution is -2.34. The molecule has 0 spiro atoms. The molecule has 0 N–H and O–H groups in total. The fourth-order valence-electron chi connectivity index (χ4n) is 3.24. The van der Waals surface area contributed by atoms with Crippen LogP contribution >= 0.6 is 0 Å². The molecule has 170 valence electrons. The van der Waals surface area contributed by atoms with Crippen LogP contribution in [0.5, 0.6) is 11.5 Å². The number of nitrogens with zero attached hydrogens (tertiary/aromatic N) is 3. The van der Waals surface area contributed by atoms with Crippen molar-refractivity contribution in [3.8, 4) is 22.9 Å². The molecule has 2 aromatic carbocycles. The molecule has 1 amide bonds. The number of carbonyl (C=O) groups excluding carboxylic acids is 1. The van der Waals surface area contributed by atoms with Crippen molar-refractivity contribution >= 4 is 15.9 Å². The Labute approximate surface area is 188 Å². The Morgan fingerprint density at radius 3 is 2.38 bits per heavy atom. The number of likely N-dealkylation sites (N-methyl/N-ethyl adjacent to an activating group) is 1. The molecule has 0 unspecified atom stereocenters. The van der Waals surface area contributed by atoms with Gasteiger partial charge in [-0.2, -0.15) is 0 Å². The summed E-state index contributed by atoms with van der Waals surface area (Å²) in [5, 5.41) is 0. The van der Waals surface area contributed by atoms with Gasteiger partial charge in [0.05, 0.1) is 11.5 Å². The molecule has 1 heterocycles. The number of carbonyl (C=O) groups is 1. The Bertz CT molecular complexity index is 1160. The highest BCUT2D eigenvalue weighted by Crippen LogP contribution is 2.33. The molecule has 32 heavy (non-hydrogen) atoms. The maximum atomic E-state index is 13.1. The topological polar surface area (TPSA) is 90.7 Å². The van der Waals surface area contributed by atoms with Crippen LogP contribution in [0.4, 0.5) is 0 Å². The summed E-state index contributed by atoms with van der Waals surface area (Å²) in [6, 6.07) is 13.2. The normalized spacial score (nSPS) is 11.2. The summed E-state index contributed by atoms with van der Waals surface area (Å²) in [6.07, 6.45) is 2.84. The summed E-state index contributed by atoms with van der Waals surface area (Å²) in [7, 11) is -3.81. The third kappa shape index (κ3) is 4.94. The van der Waals surface area contributed by atoms with Gasteiger partial charge >= 0.3 is 0 Å². The molecule has 1 aromatic heterocycles. The van der Waals surface area contributed by atoms with E-state index in [1.807, 2.05) is 20.8 Å². The first-order valence-electron chi connectivity index (χ1n) is 10.4. The summed E-state index contributed by atoms with van der Waals surface area (Å²) in [5.41, 5.74) is 0.542. The Morgan fingerprint density at radius 1 is 1.00 bits per heavy atom. The van der Waals surface area contributed by atoms with E-state index in [9.17, 15) is 13.2 Å². The number of aromatic nitrogens is 2. The van der Waals surface area contributed by atoms with Gasteiger partial charge < -0.3 is 14.4 Å². The van der Waals surface area contributed by atoms with Gasteiger partial charge in [-0.1, -0.05) is 18.2 Å². The number of imidazole rings is 1. The van der Waals surface area contributed by atoms with Crippen LogP contribution in [0.3, 0.4) is 0 Å². The van der Waals surface area contributed by atoms with Gasteiger partial charge in [0, 0.05) is 31.0 Å². The molecule has 0 fully saturated rings. The van der Waals surface area contributed by atoms with Gasteiger partial charge in [0.2, 0.25) is 0 Å². The van der Waals surface area contributed by atoms with Crippen molar-refractivity contribution in [2.45, 2.75) is 25.7 Å². The first-order chi connectivity index (χ1) is 15.4. The molecular formula is C23H27N3O5S. The maximum absolute atomic E-state index is 13.1. The van der Waals surface area contributed by atoms with Gasteiger partial charge in [0.15, 0.2) is 23.9 Å². The van der Waals surface area contributed by atoms with E-state index in [0.29, 0.717) is 36.8 Å². The lowest BCUT2D eigenvalue weighted by molar-refractivity contribution is -0.132. The van der Waals surface area contributed by atoms with Crippen molar-refractivity contribution in [3.05, 3.63) is 60.9 Å². The largest absolute Gasteiger partial charge is 0.490 e. The van der Waals surface area contributed by atoms with Gasteiger partial charge in [-0.25, -0.2) is 17.4 Å². The lowest BCUT2D eigenvalue weighted by Gasteiger charge is -2.19. The third-order valence-corrected chi connectivity index (χ3v) is 6.56. The molecule has 9 heteroatoms. The zero-order valence-corrected chi connectivity index (χ0v) is 19.2. The maximum Gasteiger partial charge on any atom is 0.269 e. The van der Waals surface area contributed by atoms with Crippen molar-refractivity contribution in [3.63, 3.8) is 0 Å². The second kappa shape index (κ2) is 10.3. The van der Waals surface area contributed by atoms with Crippen LogP contribution in [0.15, 0.2) is 65.8 Å². The fraction of sp³-hybridized carbons (Fsp3) is 0.304. The number of benzene rings is 2. The minimum absolute atomic E-state index is 0.113. The number of rotatable bonds is 10. The van der Waals surface area contributed by atoms with E-state index >= 15 is 0 Å². The van der Waals surface area contributed by atoms with E-state index in [4.69, 9.17) is 9.47 Å². The predicted molar refractivity (Wildman–Crippen MR) is 121 cm³/mol. The van der Waals surface area contributed by atoms with Gasteiger partial charge in [-0.15, -0.1) is 0 Å². The fourth-order valence-corrected chi connectivity index (χ4v) is 4.56. The molecule has 0 saturated heterocycles. The summed E-state index contributed by atoms with van der Waals surface area (Å²) in [4.78, 5) is 18.4. The smallest absolute Gasteiger partial charge is 0.269 e. The van der Waals surface area contributed by atoms with Crippen LogP contribution < -0.4 is 9.47 Å². The Balaban J connectivity index is 1.92. The number of hydrogen-bond donors (Lipinski definition) is 0. The molecule has 0 radical (unpaired) electrons. The SMILES string of the molecule is CCOc1cc(-c2nccn2S(=O)(=O)c2ccccc2)ccc1OCC(=O)N(CC)CC. The van der Waals surface area contributed by atoms with E-state index in [2.05, 4.69) is 4.98 Å². The van der Waals surface area contributed by atoms with E-state index in [0.717, 1.165) is 3.97 Å². The molecule has 8 nitrogen and oxygen atoms in total. The first-order valence-corrected chi connectivity index (χ1v) is 11.9. The van der Waals surface area contributed by atoms with Crippen LogP contribution in [0.1, 0.15) is 20.8 Å². The zero-order valence-electron chi connectivity index (χ0n) is 18.4. The van der Waals surface area contributed by atoms with E-state index < -0.39 is 10.0 Å². The summed E-state index contributed by atoms with van der Waals surface area (Å²) < 4.78 is 38.7. The first kappa shape index (κ1) is 23.3. The Kier molecular flexibility index (Phi) is 7.53. The van der Waals surface area contributed by atoms with Crippen molar-refractivity contribution in [1.82, 2.24) is 13.9 Å². The number of ether oxygens (including phenoxy) is 2. The van der Waals surface area contributed by atoms with Crippen molar-refractivity contribution in [1.29, 1.82) is 0 Å². The zero-order chi connectivity index (χ0) is 23.1. The van der Waals surface area contributed by atoms with Gasteiger partial charge in [0.25, 0.3) is 15.9 Å². The quantitative estimate of drug-likeness (QED) is 0.463. The Hall–Kier alpha value is -3.33. The van der Waals surface area contributed by atoms with Crippen LogP contribution in [0.25, 0.3) is 11.4 Å². The van der Waals surface area contributed by atoms with E-state index in [1.165, 1.54) is 24.5 Å². The highest BCUT2D eigenvalue weighted by Gasteiger charge is 2.22. The van der Waals surface area contributed by atoms with Crippen LogP contribution in [0, 0.1) is 0 Å². The van der Waals surface area contributed by atoms with Crippen molar-refractivity contribution in [2.24, 2.45) is 0 Å². The lowest BCUT2D eigenvalue weighted by atomic mass is 10.2. The highest BCUT2D eigenvalue weighted by molar-refractivity contribution is 7.90. The van der Waals surface area contributed by atoms with Crippen molar-refractivity contribution in [2.75, 3.05) is 26.3 Å². The second-order valence-electron chi connectivity index (χ2n) is 6.81. The third-order valence-electron chi connectivity index (χ3n) is 4.88. The predicted octanol–water partition coefficient (Wildman–Crippen LogP) is 3.43. The minimum atomic E-state index is -3.81. The Morgan fingerprint density at radius 2 is 1.72 bits per heavy atom. The molecule has 0 atom stereocenters. The highest BCUT2D eigenvalue weighted by atomic mass is 32.2. The average Bonchev–Trinajstić information content (AvgIpc) is 3.31. The molecule has 0 aliphatic heterocycles. The van der Waals surface area contributed by atoms with Gasteiger partial charge in [-0.05, 0) is 51.1 Å². The van der Waals surface area contributed by atoms with Gasteiger partial charge in [-0.3, -0.25) is 4.79 Å². The standard InChI is InChI=1S/C23H27N3O5S/c1-4-25(5-2)22(27)17-31-20-13-12-18(16-21(20)30-6-3)23-24-14-15-26(23)32(28,29)19-10-8-7-9-11-19/h7-16H,4-6,17H2,1-3H3.